The van der Waals surface area contributed by atoms with Crippen molar-refractivity contribution in [3.63, 3.8) is 0 Å². The SMILES string of the molecule is CCCCCNS(=O)(=O)c1cccc(C(=O)C2CC2)c1. The van der Waals surface area contributed by atoms with Gasteiger partial charge in [-0.2, -0.15) is 0 Å². The highest BCUT2D eigenvalue weighted by molar-refractivity contribution is 7.89. The molecule has 0 heterocycles. The van der Waals surface area contributed by atoms with Crippen molar-refractivity contribution in [2.24, 2.45) is 5.92 Å². The zero-order chi connectivity index (χ0) is 14.6. The van der Waals surface area contributed by atoms with E-state index in [1.807, 2.05) is 0 Å². The van der Waals surface area contributed by atoms with Gasteiger partial charge in [-0.3, -0.25) is 4.79 Å². The van der Waals surface area contributed by atoms with Crippen LogP contribution in [0.2, 0.25) is 0 Å². The van der Waals surface area contributed by atoms with E-state index in [0.717, 1.165) is 32.1 Å². The van der Waals surface area contributed by atoms with E-state index in [9.17, 15) is 13.2 Å². The third-order valence-electron chi connectivity index (χ3n) is 3.45. The molecule has 1 N–H and O–H groups in total. The summed E-state index contributed by atoms with van der Waals surface area (Å²) in [6.45, 7) is 2.51. The zero-order valence-corrected chi connectivity index (χ0v) is 12.6. The number of sulfonamides is 1. The molecule has 1 aromatic rings. The number of carbonyl (C=O) groups is 1. The van der Waals surface area contributed by atoms with E-state index >= 15 is 0 Å². The van der Waals surface area contributed by atoms with Gasteiger partial charge in [-0.15, -0.1) is 0 Å². The second-order valence-corrected chi connectivity index (χ2v) is 7.04. The molecule has 0 aliphatic heterocycles. The van der Waals surface area contributed by atoms with Gasteiger partial charge in [-0.25, -0.2) is 13.1 Å². The van der Waals surface area contributed by atoms with E-state index < -0.39 is 10.0 Å². The number of hydrogen-bond acceptors (Lipinski definition) is 3. The Hall–Kier alpha value is -1.20. The summed E-state index contributed by atoms with van der Waals surface area (Å²) < 4.78 is 26.8. The van der Waals surface area contributed by atoms with Crippen LogP contribution in [0.1, 0.15) is 49.4 Å². The highest BCUT2D eigenvalue weighted by Gasteiger charge is 2.30. The first-order valence-corrected chi connectivity index (χ1v) is 8.67. The Bertz CT molecular complexity index is 577. The van der Waals surface area contributed by atoms with Crippen LogP contribution in [0.4, 0.5) is 0 Å². The van der Waals surface area contributed by atoms with Crippen molar-refractivity contribution in [3.8, 4) is 0 Å². The Morgan fingerprint density at radius 3 is 2.70 bits per heavy atom. The molecule has 110 valence electrons. The lowest BCUT2D eigenvalue weighted by Gasteiger charge is -2.07. The molecule has 20 heavy (non-hydrogen) atoms. The van der Waals surface area contributed by atoms with Crippen molar-refractivity contribution in [2.75, 3.05) is 6.54 Å². The first-order valence-electron chi connectivity index (χ1n) is 7.18. The van der Waals surface area contributed by atoms with Crippen molar-refractivity contribution in [1.82, 2.24) is 4.72 Å². The first kappa shape index (κ1) is 15.2. The van der Waals surface area contributed by atoms with Gasteiger partial charge in [0.15, 0.2) is 5.78 Å². The maximum absolute atomic E-state index is 12.1. The van der Waals surface area contributed by atoms with Gasteiger partial charge < -0.3 is 0 Å². The van der Waals surface area contributed by atoms with Crippen LogP contribution in [0.5, 0.6) is 0 Å². The monoisotopic (exact) mass is 295 g/mol. The smallest absolute Gasteiger partial charge is 0.240 e. The van der Waals surface area contributed by atoms with E-state index in [1.54, 1.807) is 12.1 Å². The topological polar surface area (TPSA) is 63.2 Å². The van der Waals surface area contributed by atoms with Crippen molar-refractivity contribution in [1.29, 1.82) is 0 Å². The van der Waals surface area contributed by atoms with Crippen LogP contribution in [0.3, 0.4) is 0 Å². The molecule has 0 amide bonds. The Morgan fingerprint density at radius 2 is 2.05 bits per heavy atom. The summed E-state index contributed by atoms with van der Waals surface area (Å²) in [5.41, 5.74) is 0.504. The van der Waals surface area contributed by atoms with Crippen LogP contribution in [-0.4, -0.2) is 20.7 Å². The van der Waals surface area contributed by atoms with E-state index in [0.29, 0.717) is 12.1 Å². The maximum Gasteiger partial charge on any atom is 0.240 e. The van der Waals surface area contributed by atoms with Crippen molar-refractivity contribution >= 4 is 15.8 Å². The summed E-state index contributed by atoms with van der Waals surface area (Å²) in [5.74, 6) is 0.165. The highest BCUT2D eigenvalue weighted by Crippen LogP contribution is 2.32. The fourth-order valence-electron chi connectivity index (χ4n) is 2.06. The Labute approximate surface area is 120 Å². The Balaban J connectivity index is 2.07. The number of carbonyl (C=O) groups excluding carboxylic acids is 1. The second kappa shape index (κ2) is 6.50. The molecule has 0 bridgehead atoms. The van der Waals surface area contributed by atoms with Gasteiger partial charge in [0.25, 0.3) is 0 Å². The summed E-state index contributed by atoms with van der Waals surface area (Å²) in [5, 5.41) is 0. The number of unbranched alkanes of at least 4 members (excludes halogenated alkanes) is 2. The van der Waals surface area contributed by atoms with Gasteiger partial charge >= 0.3 is 0 Å². The van der Waals surface area contributed by atoms with Crippen LogP contribution in [-0.2, 0) is 10.0 Å². The molecule has 1 aliphatic rings. The average Bonchev–Trinajstić information content (AvgIpc) is 3.27. The lowest BCUT2D eigenvalue weighted by atomic mass is 10.1. The minimum atomic E-state index is -3.50. The molecular formula is C15H21NO3S. The summed E-state index contributed by atoms with van der Waals surface area (Å²) in [7, 11) is -3.50. The van der Waals surface area contributed by atoms with Crippen LogP contribution in [0.15, 0.2) is 29.2 Å². The van der Waals surface area contributed by atoms with Gasteiger partial charge in [0.2, 0.25) is 10.0 Å². The van der Waals surface area contributed by atoms with Gasteiger partial charge in [0.1, 0.15) is 0 Å². The second-order valence-electron chi connectivity index (χ2n) is 5.27. The lowest BCUT2D eigenvalue weighted by Crippen LogP contribution is -2.25. The molecule has 0 atom stereocenters. The highest BCUT2D eigenvalue weighted by atomic mass is 32.2. The molecule has 0 saturated heterocycles. The third-order valence-corrected chi connectivity index (χ3v) is 4.91. The molecule has 0 aromatic heterocycles. The van der Waals surface area contributed by atoms with Gasteiger partial charge in [0.05, 0.1) is 4.90 Å². The fraction of sp³-hybridized carbons (Fsp3) is 0.533. The molecule has 1 aliphatic carbocycles. The van der Waals surface area contributed by atoms with Gasteiger partial charge in [-0.1, -0.05) is 31.9 Å². The maximum atomic E-state index is 12.1. The van der Waals surface area contributed by atoms with E-state index in [-0.39, 0.29) is 16.6 Å². The van der Waals surface area contributed by atoms with E-state index in [1.165, 1.54) is 12.1 Å². The predicted octanol–water partition coefficient (Wildman–Crippen LogP) is 2.75. The molecule has 1 saturated carbocycles. The van der Waals surface area contributed by atoms with Crippen molar-refractivity contribution in [2.45, 2.75) is 43.9 Å². The minimum Gasteiger partial charge on any atom is -0.294 e. The van der Waals surface area contributed by atoms with Crippen LogP contribution in [0.25, 0.3) is 0 Å². The average molecular weight is 295 g/mol. The quantitative estimate of drug-likeness (QED) is 0.592. The number of ketones is 1. The van der Waals surface area contributed by atoms with Gasteiger partial charge in [-0.05, 0) is 31.4 Å². The Kier molecular flexibility index (Phi) is 4.94. The summed E-state index contributed by atoms with van der Waals surface area (Å²) in [4.78, 5) is 12.2. The Morgan fingerprint density at radius 1 is 1.30 bits per heavy atom. The number of rotatable bonds is 8. The molecule has 1 fully saturated rings. The molecule has 1 aromatic carbocycles. The standard InChI is InChI=1S/C15H21NO3S/c1-2-3-4-10-16-20(18,19)14-7-5-6-13(11-14)15(17)12-8-9-12/h5-7,11-12,16H,2-4,8-10H2,1H3. The number of nitrogens with one attached hydrogen (secondary N) is 1. The van der Waals surface area contributed by atoms with Crippen molar-refractivity contribution < 1.29 is 13.2 Å². The largest absolute Gasteiger partial charge is 0.294 e. The minimum absolute atomic E-state index is 0.0630. The number of Topliss-reactive ketones (excluding diaryl/α,β-unsaturated/α-hetero) is 1. The third kappa shape index (κ3) is 3.90. The molecule has 2 rings (SSSR count). The van der Waals surface area contributed by atoms with Crippen LogP contribution < -0.4 is 4.72 Å². The molecule has 5 heteroatoms. The number of benzene rings is 1. The van der Waals surface area contributed by atoms with Gasteiger partial charge in [0, 0.05) is 18.0 Å². The van der Waals surface area contributed by atoms with E-state index in [2.05, 4.69) is 11.6 Å². The van der Waals surface area contributed by atoms with Crippen molar-refractivity contribution in [3.05, 3.63) is 29.8 Å². The normalized spacial score (nSPS) is 15.2. The lowest BCUT2D eigenvalue weighted by molar-refractivity contribution is 0.0967. The first-order chi connectivity index (χ1) is 9.54. The van der Waals surface area contributed by atoms with Crippen LogP contribution in [0, 0.1) is 5.92 Å². The molecule has 0 unspecified atom stereocenters. The summed E-state index contributed by atoms with van der Waals surface area (Å²) in [6, 6.07) is 6.35. The predicted molar refractivity (Wildman–Crippen MR) is 78.2 cm³/mol. The van der Waals surface area contributed by atoms with E-state index in [4.69, 9.17) is 0 Å². The summed E-state index contributed by atoms with van der Waals surface area (Å²) >= 11 is 0. The molecule has 0 spiro atoms. The zero-order valence-electron chi connectivity index (χ0n) is 11.8. The molecule has 0 radical (unpaired) electrons. The number of hydrogen-bond donors (Lipinski definition) is 1. The molecule has 4 nitrogen and oxygen atoms in total. The molecular weight excluding hydrogens is 274 g/mol. The summed E-state index contributed by atoms with van der Waals surface area (Å²) in [6.07, 6.45) is 4.72. The van der Waals surface area contributed by atoms with Crippen LogP contribution >= 0.6 is 0 Å². The fourth-order valence-corrected chi connectivity index (χ4v) is 3.18.